The van der Waals surface area contributed by atoms with Crippen molar-refractivity contribution in [2.45, 2.75) is 12.8 Å². The minimum atomic E-state index is -0.173. The third kappa shape index (κ3) is 2.95. The summed E-state index contributed by atoms with van der Waals surface area (Å²) in [6.07, 6.45) is 0.339. The predicted octanol–water partition coefficient (Wildman–Crippen LogP) is -0.434. The van der Waals surface area contributed by atoms with Gasteiger partial charge >= 0.3 is 0 Å². The van der Waals surface area contributed by atoms with E-state index in [-0.39, 0.29) is 18.1 Å². The Morgan fingerprint density at radius 3 is 2.93 bits per heavy atom. The summed E-state index contributed by atoms with van der Waals surface area (Å²) in [5.41, 5.74) is 5.72. The van der Waals surface area contributed by atoms with Gasteiger partial charge in [0.1, 0.15) is 5.69 Å². The van der Waals surface area contributed by atoms with Gasteiger partial charge in [0, 0.05) is 13.6 Å². The molecule has 15 heavy (non-hydrogen) atoms. The van der Waals surface area contributed by atoms with Crippen LogP contribution in [0.1, 0.15) is 12.1 Å². The Bertz CT molecular complexity index is 381. The van der Waals surface area contributed by atoms with E-state index in [4.69, 9.17) is 11.0 Å². The number of nitriles is 1. The highest BCUT2D eigenvalue weighted by molar-refractivity contribution is 5.79. The molecule has 80 valence electrons. The van der Waals surface area contributed by atoms with Gasteiger partial charge in [0.05, 0.1) is 18.9 Å². The van der Waals surface area contributed by atoms with Crippen molar-refractivity contribution < 1.29 is 9.42 Å². The topological polar surface area (TPSA) is 109 Å². The fourth-order valence-electron chi connectivity index (χ4n) is 0.957. The van der Waals surface area contributed by atoms with Crippen molar-refractivity contribution in [2.24, 2.45) is 0 Å². The second-order valence-corrected chi connectivity index (χ2v) is 3.00. The summed E-state index contributed by atoms with van der Waals surface area (Å²) in [4.78, 5) is 13.0. The summed E-state index contributed by atoms with van der Waals surface area (Å²) in [6, 6.07) is 1.96. The predicted molar refractivity (Wildman–Crippen MR) is 50.3 cm³/mol. The lowest BCUT2D eigenvalue weighted by Crippen LogP contribution is -2.29. The Balaban J connectivity index is 2.49. The average molecular weight is 209 g/mol. The van der Waals surface area contributed by atoms with E-state index in [1.54, 1.807) is 7.05 Å². The van der Waals surface area contributed by atoms with Crippen LogP contribution in [-0.4, -0.2) is 34.7 Å². The van der Waals surface area contributed by atoms with E-state index in [0.29, 0.717) is 18.7 Å². The third-order valence-corrected chi connectivity index (χ3v) is 1.89. The average Bonchev–Trinajstić information content (AvgIpc) is 2.61. The summed E-state index contributed by atoms with van der Waals surface area (Å²) < 4.78 is 4.36. The Kier molecular flexibility index (Phi) is 3.62. The Morgan fingerprint density at radius 1 is 1.67 bits per heavy atom. The molecule has 1 aromatic rings. The molecule has 0 unspecified atom stereocenters. The summed E-state index contributed by atoms with van der Waals surface area (Å²) >= 11 is 0. The quantitative estimate of drug-likeness (QED) is 0.720. The first-order valence-electron chi connectivity index (χ1n) is 4.33. The number of likely N-dealkylation sites (N-methyl/N-ethyl adjacent to an activating group) is 1. The number of hydrogen-bond acceptors (Lipinski definition) is 6. The molecule has 7 nitrogen and oxygen atoms in total. The van der Waals surface area contributed by atoms with Crippen LogP contribution in [0.3, 0.4) is 0 Å². The Labute approximate surface area is 86.4 Å². The molecule has 0 fully saturated rings. The van der Waals surface area contributed by atoms with E-state index < -0.39 is 0 Å². The fourth-order valence-corrected chi connectivity index (χ4v) is 0.957. The number of anilines is 1. The molecule has 1 heterocycles. The zero-order valence-corrected chi connectivity index (χ0v) is 8.30. The molecule has 2 N–H and O–H groups in total. The van der Waals surface area contributed by atoms with Crippen molar-refractivity contribution in [3.63, 3.8) is 0 Å². The number of nitrogen functional groups attached to an aromatic ring is 1. The zero-order valence-electron chi connectivity index (χ0n) is 8.30. The molecule has 1 aromatic heterocycles. The molecule has 0 aliphatic carbocycles. The summed E-state index contributed by atoms with van der Waals surface area (Å²) in [5.74, 6) is -0.0512. The normalized spacial score (nSPS) is 9.60. The molecule has 0 aliphatic rings. The molecule has 0 saturated heterocycles. The maximum Gasteiger partial charge on any atom is 0.228 e. The number of amides is 1. The molecular formula is C8H11N5O2. The van der Waals surface area contributed by atoms with Gasteiger partial charge in [-0.05, 0) is 5.16 Å². The lowest BCUT2D eigenvalue weighted by atomic mass is 10.2. The molecule has 1 rings (SSSR count). The molecule has 1 amide bonds. The highest BCUT2D eigenvalue weighted by Crippen LogP contribution is 2.06. The molecule has 0 spiro atoms. The van der Waals surface area contributed by atoms with Crippen LogP contribution in [0.25, 0.3) is 0 Å². The van der Waals surface area contributed by atoms with Crippen molar-refractivity contribution >= 4 is 11.7 Å². The van der Waals surface area contributed by atoms with Gasteiger partial charge in [0.25, 0.3) is 0 Å². The van der Waals surface area contributed by atoms with Crippen LogP contribution >= 0.6 is 0 Å². The van der Waals surface area contributed by atoms with Gasteiger partial charge in [-0.2, -0.15) is 5.26 Å². The first kappa shape index (κ1) is 11.0. The maximum absolute atomic E-state index is 11.5. The smallest absolute Gasteiger partial charge is 0.228 e. The van der Waals surface area contributed by atoms with Crippen molar-refractivity contribution in [1.29, 1.82) is 5.26 Å². The fraction of sp³-hybridized carbons (Fsp3) is 0.500. The van der Waals surface area contributed by atoms with E-state index >= 15 is 0 Å². The van der Waals surface area contributed by atoms with Crippen LogP contribution in [-0.2, 0) is 11.2 Å². The standard InChI is InChI=1S/C8H11N5O2/c1-13(4-2-3-9)7(14)5-6-8(10)12-15-11-6/h2,4-5H2,1H3,(H2,10,12). The van der Waals surface area contributed by atoms with Gasteiger partial charge in [0.15, 0.2) is 5.82 Å². The van der Waals surface area contributed by atoms with Gasteiger partial charge in [-0.25, -0.2) is 4.63 Å². The van der Waals surface area contributed by atoms with E-state index in [0.717, 1.165) is 0 Å². The molecule has 7 heteroatoms. The van der Waals surface area contributed by atoms with E-state index in [2.05, 4.69) is 14.9 Å². The number of nitrogens with zero attached hydrogens (tertiary/aromatic N) is 4. The minimum absolute atomic E-state index is 0.0390. The van der Waals surface area contributed by atoms with Crippen LogP contribution in [0, 0.1) is 11.3 Å². The first-order valence-corrected chi connectivity index (χ1v) is 4.33. The molecule has 0 radical (unpaired) electrons. The number of aromatic nitrogens is 2. The van der Waals surface area contributed by atoms with Crippen LogP contribution in [0.2, 0.25) is 0 Å². The van der Waals surface area contributed by atoms with Crippen LogP contribution in [0.15, 0.2) is 4.63 Å². The summed E-state index contributed by atoms with van der Waals surface area (Å²) in [7, 11) is 1.61. The molecule has 0 aromatic carbocycles. The molecular weight excluding hydrogens is 198 g/mol. The van der Waals surface area contributed by atoms with E-state index in [1.807, 2.05) is 6.07 Å². The van der Waals surface area contributed by atoms with Crippen LogP contribution < -0.4 is 5.73 Å². The lowest BCUT2D eigenvalue weighted by Gasteiger charge is -2.13. The maximum atomic E-state index is 11.5. The van der Waals surface area contributed by atoms with E-state index in [1.165, 1.54) is 4.90 Å². The van der Waals surface area contributed by atoms with Gasteiger partial charge in [-0.3, -0.25) is 4.79 Å². The number of rotatable bonds is 4. The summed E-state index contributed by atoms with van der Waals surface area (Å²) in [5, 5.41) is 15.2. The largest absolute Gasteiger partial charge is 0.379 e. The van der Waals surface area contributed by atoms with Gasteiger partial charge in [-0.1, -0.05) is 5.16 Å². The first-order chi connectivity index (χ1) is 7.15. The van der Waals surface area contributed by atoms with Crippen LogP contribution in [0.5, 0.6) is 0 Å². The van der Waals surface area contributed by atoms with Crippen molar-refractivity contribution in [3.05, 3.63) is 5.69 Å². The van der Waals surface area contributed by atoms with Gasteiger partial charge < -0.3 is 10.6 Å². The highest BCUT2D eigenvalue weighted by Gasteiger charge is 2.14. The number of hydrogen-bond donors (Lipinski definition) is 1. The van der Waals surface area contributed by atoms with Crippen molar-refractivity contribution in [3.8, 4) is 6.07 Å². The number of carbonyl (C=O) groups is 1. The Morgan fingerprint density at radius 2 is 2.40 bits per heavy atom. The molecule has 0 saturated carbocycles. The second kappa shape index (κ2) is 4.95. The number of nitrogens with two attached hydrogens (primary N) is 1. The monoisotopic (exact) mass is 209 g/mol. The summed E-state index contributed by atoms with van der Waals surface area (Å²) in [6.45, 7) is 0.389. The Hall–Kier alpha value is -2.10. The van der Waals surface area contributed by atoms with Crippen molar-refractivity contribution in [1.82, 2.24) is 15.2 Å². The second-order valence-electron chi connectivity index (χ2n) is 3.00. The minimum Gasteiger partial charge on any atom is -0.379 e. The SMILES string of the molecule is CN(CCC#N)C(=O)Cc1nonc1N. The molecule has 0 bridgehead atoms. The third-order valence-electron chi connectivity index (χ3n) is 1.89. The number of carbonyl (C=O) groups excluding carboxylic acids is 1. The molecule has 0 atom stereocenters. The van der Waals surface area contributed by atoms with E-state index in [9.17, 15) is 4.79 Å². The van der Waals surface area contributed by atoms with Crippen LogP contribution in [0.4, 0.5) is 5.82 Å². The zero-order chi connectivity index (χ0) is 11.3. The van der Waals surface area contributed by atoms with Gasteiger partial charge in [-0.15, -0.1) is 0 Å². The highest BCUT2D eigenvalue weighted by atomic mass is 16.6. The van der Waals surface area contributed by atoms with Crippen molar-refractivity contribution in [2.75, 3.05) is 19.3 Å². The lowest BCUT2D eigenvalue weighted by molar-refractivity contribution is -0.129. The van der Waals surface area contributed by atoms with Gasteiger partial charge in [0.2, 0.25) is 5.91 Å². The molecule has 0 aliphatic heterocycles.